The van der Waals surface area contributed by atoms with Crippen molar-refractivity contribution >= 4 is 29.3 Å². The van der Waals surface area contributed by atoms with Crippen LogP contribution in [-0.2, 0) is 14.3 Å². The maximum Gasteiger partial charge on any atom is 0.340 e. The van der Waals surface area contributed by atoms with Crippen LogP contribution in [0.2, 0.25) is 0 Å². The number of halogens is 1. The van der Waals surface area contributed by atoms with Gasteiger partial charge in [0.1, 0.15) is 5.82 Å². The molecule has 1 amide bonds. The average molecular weight is 382 g/mol. The SMILES string of the molecule is COC(=O)C1=C(C)N(c2ccc([N+](=O)[O-])cc2)C(=O)/C1=C\c1ccccc1F. The zero-order valence-electron chi connectivity index (χ0n) is 15.0. The van der Waals surface area contributed by atoms with Gasteiger partial charge >= 0.3 is 5.97 Å². The standard InChI is InChI=1S/C20H15FN2O5/c1-12-18(20(25)28-2)16(11-13-5-3-4-6-17(13)21)19(24)22(12)14-7-9-15(10-8-14)23(26)27/h3-11H,1-2H3/b16-11-. The lowest BCUT2D eigenvalue weighted by Crippen LogP contribution is -2.24. The number of non-ortho nitro benzene ring substituents is 1. The predicted molar refractivity (Wildman–Crippen MR) is 99.7 cm³/mol. The molecule has 0 aliphatic carbocycles. The second-order valence-corrected chi connectivity index (χ2v) is 5.95. The summed E-state index contributed by atoms with van der Waals surface area (Å²) in [6.45, 7) is 1.55. The van der Waals surface area contributed by atoms with E-state index in [1.165, 1.54) is 60.6 Å². The van der Waals surface area contributed by atoms with Crippen LogP contribution >= 0.6 is 0 Å². The number of amides is 1. The third-order valence-electron chi connectivity index (χ3n) is 4.31. The molecule has 0 fully saturated rings. The predicted octanol–water partition coefficient (Wildman–Crippen LogP) is 3.61. The van der Waals surface area contributed by atoms with Crippen molar-refractivity contribution in [1.29, 1.82) is 0 Å². The number of nitro benzene ring substituents is 1. The van der Waals surface area contributed by atoms with Crippen molar-refractivity contribution in [2.45, 2.75) is 6.92 Å². The molecular formula is C20H15FN2O5. The highest BCUT2D eigenvalue weighted by molar-refractivity contribution is 6.23. The topological polar surface area (TPSA) is 89.8 Å². The highest BCUT2D eigenvalue weighted by atomic mass is 19.1. The molecule has 2 aromatic carbocycles. The zero-order valence-corrected chi connectivity index (χ0v) is 15.0. The molecule has 1 heterocycles. The normalized spacial score (nSPS) is 15.3. The molecule has 0 spiro atoms. The van der Waals surface area contributed by atoms with Gasteiger partial charge in [-0.15, -0.1) is 0 Å². The smallest absolute Gasteiger partial charge is 0.340 e. The van der Waals surface area contributed by atoms with E-state index in [2.05, 4.69) is 0 Å². The molecule has 3 rings (SSSR count). The summed E-state index contributed by atoms with van der Waals surface area (Å²) < 4.78 is 18.8. The van der Waals surface area contributed by atoms with E-state index in [0.717, 1.165) is 0 Å². The third kappa shape index (κ3) is 3.27. The monoisotopic (exact) mass is 382 g/mol. The van der Waals surface area contributed by atoms with Crippen LogP contribution in [0.5, 0.6) is 0 Å². The van der Waals surface area contributed by atoms with Gasteiger partial charge in [0.25, 0.3) is 11.6 Å². The average Bonchev–Trinajstić information content (AvgIpc) is 2.93. The highest BCUT2D eigenvalue weighted by Crippen LogP contribution is 2.36. The second kappa shape index (κ2) is 7.43. The van der Waals surface area contributed by atoms with Crippen LogP contribution in [0.1, 0.15) is 12.5 Å². The Hall–Kier alpha value is -3.81. The van der Waals surface area contributed by atoms with Crippen molar-refractivity contribution in [2.75, 3.05) is 12.0 Å². The van der Waals surface area contributed by atoms with Crippen LogP contribution in [0.15, 0.2) is 65.4 Å². The first-order valence-corrected chi connectivity index (χ1v) is 8.20. The fourth-order valence-corrected chi connectivity index (χ4v) is 2.96. The van der Waals surface area contributed by atoms with Gasteiger partial charge in [0, 0.05) is 29.1 Å². The minimum Gasteiger partial charge on any atom is -0.465 e. The number of benzene rings is 2. The zero-order chi connectivity index (χ0) is 20.4. The number of carbonyl (C=O) groups excluding carboxylic acids is 2. The lowest BCUT2D eigenvalue weighted by molar-refractivity contribution is -0.384. The third-order valence-corrected chi connectivity index (χ3v) is 4.31. The molecule has 2 aromatic rings. The number of anilines is 1. The Kier molecular flexibility index (Phi) is 5.04. The van der Waals surface area contributed by atoms with E-state index in [0.29, 0.717) is 5.69 Å². The number of hydrogen-bond acceptors (Lipinski definition) is 5. The molecule has 0 saturated heterocycles. The number of esters is 1. The Labute approximate surface area is 159 Å². The lowest BCUT2D eigenvalue weighted by Gasteiger charge is -2.17. The Morgan fingerprint density at radius 2 is 1.82 bits per heavy atom. The minimum atomic E-state index is -0.738. The van der Waals surface area contributed by atoms with Crippen LogP contribution in [0.25, 0.3) is 6.08 Å². The fraction of sp³-hybridized carbons (Fsp3) is 0.100. The van der Waals surface area contributed by atoms with E-state index in [1.807, 2.05) is 0 Å². The molecule has 0 radical (unpaired) electrons. The summed E-state index contributed by atoms with van der Waals surface area (Å²) in [7, 11) is 1.18. The molecule has 0 bridgehead atoms. The molecule has 1 aliphatic heterocycles. The second-order valence-electron chi connectivity index (χ2n) is 5.95. The molecule has 28 heavy (non-hydrogen) atoms. The van der Waals surface area contributed by atoms with Crippen LogP contribution in [0.4, 0.5) is 15.8 Å². The lowest BCUT2D eigenvalue weighted by atomic mass is 10.0. The molecule has 0 saturated carbocycles. The number of nitro groups is 1. The van der Waals surface area contributed by atoms with Gasteiger partial charge in [0.2, 0.25) is 0 Å². The molecule has 1 aliphatic rings. The molecule has 0 N–H and O–H groups in total. The van der Waals surface area contributed by atoms with Gasteiger partial charge in [-0.05, 0) is 31.2 Å². The van der Waals surface area contributed by atoms with E-state index >= 15 is 0 Å². The molecule has 0 unspecified atom stereocenters. The molecule has 0 atom stereocenters. The number of methoxy groups -OCH3 is 1. The van der Waals surface area contributed by atoms with Crippen LogP contribution in [-0.4, -0.2) is 23.9 Å². The van der Waals surface area contributed by atoms with Crippen LogP contribution in [0.3, 0.4) is 0 Å². The van der Waals surface area contributed by atoms with Gasteiger partial charge in [0.15, 0.2) is 0 Å². The van der Waals surface area contributed by atoms with Gasteiger partial charge < -0.3 is 4.74 Å². The fourth-order valence-electron chi connectivity index (χ4n) is 2.96. The molecule has 7 nitrogen and oxygen atoms in total. The number of ether oxygens (including phenoxy) is 1. The summed E-state index contributed by atoms with van der Waals surface area (Å²) in [5.74, 6) is -1.84. The number of carbonyl (C=O) groups is 2. The number of nitrogens with zero attached hydrogens (tertiary/aromatic N) is 2. The number of rotatable bonds is 4. The van der Waals surface area contributed by atoms with Crippen LogP contribution in [0, 0.1) is 15.9 Å². The molecular weight excluding hydrogens is 367 g/mol. The summed E-state index contributed by atoms with van der Waals surface area (Å²) in [6, 6.07) is 11.2. The van der Waals surface area contributed by atoms with E-state index in [-0.39, 0.29) is 28.1 Å². The quantitative estimate of drug-likeness (QED) is 0.349. The highest BCUT2D eigenvalue weighted by Gasteiger charge is 2.38. The van der Waals surface area contributed by atoms with Crippen molar-refractivity contribution in [3.8, 4) is 0 Å². The van der Waals surface area contributed by atoms with E-state index in [4.69, 9.17) is 4.74 Å². The molecule has 0 aromatic heterocycles. The first-order valence-electron chi connectivity index (χ1n) is 8.20. The van der Waals surface area contributed by atoms with Gasteiger partial charge in [-0.25, -0.2) is 9.18 Å². The molecule has 142 valence electrons. The minimum absolute atomic E-state index is 0.00843. The first-order chi connectivity index (χ1) is 13.3. The van der Waals surface area contributed by atoms with E-state index < -0.39 is 22.6 Å². The maximum absolute atomic E-state index is 14.1. The summed E-state index contributed by atoms with van der Waals surface area (Å²) in [4.78, 5) is 36.9. The van der Waals surface area contributed by atoms with Crippen molar-refractivity contribution in [2.24, 2.45) is 0 Å². The Balaban J connectivity index is 2.12. The maximum atomic E-state index is 14.1. The van der Waals surface area contributed by atoms with Crippen LogP contribution < -0.4 is 4.90 Å². The summed E-state index contributed by atoms with van der Waals surface area (Å²) in [5, 5.41) is 10.8. The largest absolute Gasteiger partial charge is 0.465 e. The number of hydrogen-bond donors (Lipinski definition) is 0. The summed E-state index contributed by atoms with van der Waals surface area (Å²) in [6.07, 6.45) is 1.29. The van der Waals surface area contributed by atoms with Gasteiger partial charge in [-0.2, -0.15) is 0 Å². The van der Waals surface area contributed by atoms with E-state index in [1.54, 1.807) is 13.0 Å². The molecule has 8 heteroatoms. The first kappa shape index (κ1) is 19.0. The summed E-state index contributed by atoms with van der Waals surface area (Å²) >= 11 is 0. The van der Waals surface area contributed by atoms with Gasteiger partial charge in [-0.1, -0.05) is 18.2 Å². The summed E-state index contributed by atoms with van der Waals surface area (Å²) in [5.41, 5.74) is 0.625. The Bertz CT molecular complexity index is 1040. The van der Waals surface area contributed by atoms with Crippen molar-refractivity contribution in [3.05, 3.63) is 86.9 Å². The van der Waals surface area contributed by atoms with Crippen molar-refractivity contribution < 1.29 is 23.6 Å². The van der Waals surface area contributed by atoms with Gasteiger partial charge in [-0.3, -0.25) is 19.8 Å². The number of allylic oxidation sites excluding steroid dienone is 1. The van der Waals surface area contributed by atoms with E-state index in [9.17, 15) is 24.1 Å². The van der Waals surface area contributed by atoms with Gasteiger partial charge in [0.05, 0.1) is 23.2 Å². The Morgan fingerprint density at radius 1 is 1.18 bits per heavy atom. The van der Waals surface area contributed by atoms with Crippen molar-refractivity contribution in [1.82, 2.24) is 0 Å². The Morgan fingerprint density at radius 3 is 2.39 bits per heavy atom. The van der Waals surface area contributed by atoms with Crippen molar-refractivity contribution in [3.63, 3.8) is 0 Å².